The summed E-state index contributed by atoms with van der Waals surface area (Å²) < 4.78 is 5.68. The van der Waals surface area contributed by atoms with Crippen LogP contribution in [0.3, 0.4) is 0 Å². The van der Waals surface area contributed by atoms with Gasteiger partial charge in [-0.15, -0.1) is 0 Å². The molecule has 1 unspecified atom stereocenters. The fourth-order valence-corrected chi connectivity index (χ4v) is 2.90. The van der Waals surface area contributed by atoms with Crippen molar-refractivity contribution in [1.29, 1.82) is 0 Å². The fraction of sp³-hybridized carbons (Fsp3) is 0.571. The quantitative estimate of drug-likeness (QED) is 0.845. The molecule has 2 rings (SSSR count). The lowest BCUT2D eigenvalue weighted by molar-refractivity contribution is 0.0725. The molecule has 0 spiro atoms. The number of likely N-dealkylation sites (N-methyl/N-ethyl adjacent to an activating group) is 1. The van der Waals surface area contributed by atoms with Crippen molar-refractivity contribution in [2.45, 2.75) is 32.4 Å². The number of anilines is 1. The van der Waals surface area contributed by atoms with E-state index >= 15 is 0 Å². The van der Waals surface area contributed by atoms with E-state index in [1.54, 1.807) is 0 Å². The number of rotatable bonds is 5. The molecule has 1 saturated heterocycles. The molecule has 1 aromatic rings. The molecule has 0 amide bonds. The number of ether oxygens (including phenoxy) is 1. The summed E-state index contributed by atoms with van der Waals surface area (Å²) in [6, 6.07) is 3.78. The molecular weight excluding hydrogens is 283 g/mol. The van der Waals surface area contributed by atoms with Crippen LogP contribution in [0.25, 0.3) is 0 Å². The highest BCUT2D eigenvalue weighted by Crippen LogP contribution is 2.29. The van der Waals surface area contributed by atoms with Crippen LogP contribution in [-0.2, 0) is 11.3 Å². The second-order valence-corrected chi connectivity index (χ2v) is 5.75. The molecule has 1 atom stereocenters. The van der Waals surface area contributed by atoms with Crippen LogP contribution in [0.5, 0.6) is 0 Å². The summed E-state index contributed by atoms with van der Waals surface area (Å²) in [5, 5.41) is 1.05. The number of benzene rings is 1. The first-order valence-electron chi connectivity index (χ1n) is 6.67. The van der Waals surface area contributed by atoms with Gasteiger partial charge in [-0.1, -0.05) is 30.1 Å². The van der Waals surface area contributed by atoms with Gasteiger partial charge in [0.2, 0.25) is 0 Å². The Morgan fingerprint density at radius 1 is 1.37 bits per heavy atom. The van der Waals surface area contributed by atoms with E-state index in [2.05, 4.69) is 11.8 Å². The molecule has 0 aliphatic carbocycles. The van der Waals surface area contributed by atoms with Gasteiger partial charge >= 0.3 is 0 Å². The third-order valence-electron chi connectivity index (χ3n) is 3.48. The maximum Gasteiger partial charge on any atom is 0.0702 e. The number of hydrogen-bond acceptors (Lipinski definition) is 3. The normalized spacial score (nSPS) is 19.3. The summed E-state index contributed by atoms with van der Waals surface area (Å²) in [5.41, 5.74) is 7.29. The van der Waals surface area contributed by atoms with Gasteiger partial charge in [0.1, 0.15) is 0 Å². The van der Waals surface area contributed by atoms with Gasteiger partial charge in [0, 0.05) is 19.7 Å². The Bertz CT molecular complexity index is 410. The maximum atomic E-state index is 6.06. The van der Waals surface area contributed by atoms with Crippen LogP contribution in [0.2, 0.25) is 10.0 Å². The molecule has 1 aromatic carbocycles. The highest BCUT2D eigenvalue weighted by molar-refractivity contribution is 6.38. The molecule has 0 bridgehead atoms. The average molecular weight is 303 g/mol. The molecule has 5 heteroatoms. The summed E-state index contributed by atoms with van der Waals surface area (Å²) in [6.07, 6.45) is 2.68. The lowest BCUT2D eigenvalue weighted by atomic mass is 10.1. The van der Waals surface area contributed by atoms with E-state index < -0.39 is 0 Å². The molecule has 3 nitrogen and oxygen atoms in total. The minimum Gasteiger partial charge on any atom is -0.396 e. The van der Waals surface area contributed by atoms with Crippen molar-refractivity contribution in [3.8, 4) is 0 Å². The summed E-state index contributed by atoms with van der Waals surface area (Å²) in [4.78, 5) is 2.34. The van der Waals surface area contributed by atoms with Gasteiger partial charge in [0.15, 0.2) is 0 Å². The second-order valence-electron chi connectivity index (χ2n) is 4.94. The van der Waals surface area contributed by atoms with Gasteiger partial charge in [0.25, 0.3) is 0 Å². The Hall–Kier alpha value is -0.480. The van der Waals surface area contributed by atoms with E-state index in [0.717, 1.165) is 38.2 Å². The Kier molecular flexibility index (Phi) is 5.34. The highest BCUT2D eigenvalue weighted by atomic mass is 35.5. The summed E-state index contributed by atoms with van der Waals surface area (Å²) in [7, 11) is 0. The van der Waals surface area contributed by atoms with Crippen molar-refractivity contribution in [1.82, 2.24) is 4.90 Å². The molecule has 1 heterocycles. The first kappa shape index (κ1) is 14.9. The Morgan fingerprint density at radius 3 is 2.58 bits per heavy atom. The number of halogens is 2. The zero-order valence-corrected chi connectivity index (χ0v) is 12.7. The van der Waals surface area contributed by atoms with E-state index in [0.29, 0.717) is 21.8 Å². The Morgan fingerprint density at radius 2 is 2.05 bits per heavy atom. The van der Waals surface area contributed by atoms with Gasteiger partial charge in [0.05, 0.1) is 21.8 Å². The summed E-state index contributed by atoms with van der Waals surface area (Å²) in [6.45, 7) is 5.78. The average Bonchev–Trinajstić information content (AvgIpc) is 2.88. The molecule has 0 radical (unpaired) electrons. The van der Waals surface area contributed by atoms with Gasteiger partial charge in [-0.25, -0.2) is 0 Å². The second kappa shape index (κ2) is 6.80. The largest absolute Gasteiger partial charge is 0.396 e. The lowest BCUT2D eigenvalue weighted by Crippen LogP contribution is -2.31. The minimum absolute atomic E-state index is 0.361. The van der Waals surface area contributed by atoms with Crippen molar-refractivity contribution in [2.75, 3.05) is 25.4 Å². The Labute approximate surface area is 124 Å². The Balaban J connectivity index is 2.01. The topological polar surface area (TPSA) is 38.5 Å². The molecule has 0 aromatic heterocycles. The van der Waals surface area contributed by atoms with E-state index in [-0.39, 0.29) is 0 Å². The van der Waals surface area contributed by atoms with Crippen molar-refractivity contribution in [2.24, 2.45) is 0 Å². The predicted molar refractivity (Wildman–Crippen MR) is 80.8 cm³/mol. The van der Waals surface area contributed by atoms with Gasteiger partial charge in [-0.2, -0.15) is 0 Å². The molecule has 0 saturated carbocycles. The van der Waals surface area contributed by atoms with Gasteiger partial charge < -0.3 is 10.5 Å². The van der Waals surface area contributed by atoms with Crippen LogP contribution in [0.1, 0.15) is 25.3 Å². The van der Waals surface area contributed by atoms with Crippen molar-refractivity contribution in [3.05, 3.63) is 27.7 Å². The van der Waals surface area contributed by atoms with Crippen LogP contribution in [0, 0.1) is 0 Å². The molecule has 1 fully saturated rings. The highest BCUT2D eigenvalue weighted by Gasteiger charge is 2.18. The molecule has 2 N–H and O–H groups in total. The standard InChI is InChI=1S/C14H20Cl2N2O/c1-2-18(9-11-4-3-5-19-11)8-10-6-12(15)14(17)13(16)7-10/h6-7,11H,2-5,8-9,17H2,1H3. The van der Waals surface area contributed by atoms with Gasteiger partial charge in [-0.05, 0) is 37.1 Å². The van der Waals surface area contributed by atoms with Crippen LogP contribution in [0.4, 0.5) is 5.69 Å². The SMILES string of the molecule is CCN(Cc1cc(Cl)c(N)c(Cl)c1)CC1CCCO1. The van der Waals surface area contributed by atoms with Crippen LogP contribution in [-0.4, -0.2) is 30.7 Å². The van der Waals surface area contributed by atoms with Crippen LogP contribution in [0.15, 0.2) is 12.1 Å². The first-order chi connectivity index (χ1) is 9.10. The summed E-state index contributed by atoms with van der Waals surface area (Å²) >= 11 is 12.1. The zero-order chi connectivity index (χ0) is 13.8. The third kappa shape index (κ3) is 3.99. The first-order valence-corrected chi connectivity index (χ1v) is 7.43. The van der Waals surface area contributed by atoms with E-state index in [1.807, 2.05) is 12.1 Å². The van der Waals surface area contributed by atoms with Crippen molar-refractivity contribution in [3.63, 3.8) is 0 Å². The molecular formula is C14H20Cl2N2O. The monoisotopic (exact) mass is 302 g/mol. The fourth-order valence-electron chi connectivity index (χ4n) is 2.37. The molecule has 1 aliphatic rings. The smallest absolute Gasteiger partial charge is 0.0702 e. The lowest BCUT2D eigenvalue weighted by Gasteiger charge is -2.24. The van der Waals surface area contributed by atoms with Gasteiger partial charge in [-0.3, -0.25) is 4.90 Å². The number of nitrogens with zero attached hydrogens (tertiary/aromatic N) is 1. The van der Waals surface area contributed by atoms with E-state index in [9.17, 15) is 0 Å². The van der Waals surface area contributed by atoms with Crippen molar-refractivity contribution < 1.29 is 4.74 Å². The van der Waals surface area contributed by atoms with Crippen LogP contribution >= 0.6 is 23.2 Å². The maximum absolute atomic E-state index is 6.06. The number of nitrogens with two attached hydrogens (primary N) is 1. The molecule has 1 aliphatic heterocycles. The molecule has 19 heavy (non-hydrogen) atoms. The zero-order valence-electron chi connectivity index (χ0n) is 11.2. The minimum atomic E-state index is 0.361. The van der Waals surface area contributed by atoms with E-state index in [4.69, 9.17) is 33.7 Å². The van der Waals surface area contributed by atoms with Crippen molar-refractivity contribution >= 4 is 28.9 Å². The third-order valence-corrected chi connectivity index (χ3v) is 4.10. The summed E-state index contributed by atoms with van der Waals surface area (Å²) in [5.74, 6) is 0. The predicted octanol–water partition coefficient (Wildman–Crippen LogP) is 3.58. The number of hydrogen-bond donors (Lipinski definition) is 1. The number of nitrogen functional groups attached to an aromatic ring is 1. The molecule has 106 valence electrons. The van der Waals surface area contributed by atoms with Crippen LogP contribution < -0.4 is 5.73 Å². The van der Waals surface area contributed by atoms with E-state index in [1.165, 1.54) is 6.42 Å².